The summed E-state index contributed by atoms with van der Waals surface area (Å²) in [6, 6.07) is 10.1. The van der Waals surface area contributed by atoms with Crippen LogP contribution in [0.5, 0.6) is 11.5 Å². The summed E-state index contributed by atoms with van der Waals surface area (Å²) in [4.78, 5) is 0. The molecule has 0 fully saturated rings. The molecule has 2 aromatic rings. The fourth-order valence-electron chi connectivity index (χ4n) is 2.12. The van der Waals surface area contributed by atoms with Crippen molar-refractivity contribution < 1.29 is 13.9 Å². The molecule has 112 valence electrons. The molecular formula is C17H20FNO2. The Morgan fingerprint density at radius 2 is 1.95 bits per heavy atom. The second-order valence-corrected chi connectivity index (χ2v) is 5.05. The van der Waals surface area contributed by atoms with Gasteiger partial charge in [0.2, 0.25) is 0 Å². The van der Waals surface area contributed by atoms with E-state index in [4.69, 9.17) is 15.2 Å². The van der Waals surface area contributed by atoms with E-state index >= 15 is 0 Å². The zero-order chi connectivity index (χ0) is 15.4. The first kappa shape index (κ1) is 15.3. The van der Waals surface area contributed by atoms with E-state index in [1.165, 1.54) is 12.1 Å². The van der Waals surface area contributed by atoms with Crippen molar-refractivity contribution in [3.8, 4) is 11.5 Å². The summed E-state index contributed by atoms with van der Waals surface area (Å²) in [6.45, 7) is 4.12. The van der Waals surface area contributed by atoms with Gasteiger partial charge in [0, 0.05) is 17.7 Å². The van der Waals surface area contributed by atoms with E-state index in [9.17, 15) is 4.39 Å². The topological polar surface area (TPSA) is 44.5 Å². The van der Waals surface area contributed by atoms with E-state index in [2.05, 4.69) is 0 Å². The lowest BCUT2D eigenvalue weighted by Gasteiger charge is -2.16. The Morgan fingerprint density at radius 1 is 1.19 bits per heavy atom. The average molecular weight is 289 g/mol. The predicted molar refractivity (Wildman–Crippen MR) is 81.1 cm³/mol. The Labute approximate surface area is 124 Å². The summed E-state index contributed by atoms with van der Waals surface area (Å²) in [5.41, 5.74) is 8.67. The van der Waals surface area contributed by atoms with Crippen LogP contribution in [0.25, 0.3) is 0 Å². The smallest absolute Gasteiger partial charge is 0.128 e. The maximum absolute atomic E-state index is 13.1. The van der Waals surface area contributed by atoms with Gasteiger partial charge >= 0.3 is 0 Å². The van der Waals surface area contributed by atoms with Crippen molar-refractivity contribution in [3.63, 3.8) is 0 Å². The van der Waals surface area contributed by atoms with E-state index in [1.54, 1.807) is 13.2 Å². The maximum Gasteiger partial charge on any atom is 0.128 e. The number of hydrogen-bond donors (Lipinski definition) is 1. The van der Waals surface area contributed by atoms with Gasteiger partial charge in [0.05, 0.1) is 7.11 Å². The molecule has 2 N–H and O–H groups in total. The first-order valence-electron chi connectivity index (χ1n) is 6.82. The van der Waals surface area contributed by atoms with Gasteiger partial charge in [0.1, 0.15) is 23.9 Å². The minimum absolute atomic E-state index is 0.139. The summed E-state index contributed by atoms with van der Waals surface area (Å²) >= 11 is 0. The molecule has 0 bridgehead atoms. The van der Waals surface area contributed by atoms with E-state index in [-0.39, 0.29) is 11.9 Å². The third kappa shape index (κ3) is 3.73. The zero-order valence-corrected chi connectivity index (χ0v) is 12.5. The van der Waals surface area contributed by atoms with Crippen LogP contribution in [0.15, 0.2) is 36.4 Å². The number of hydrogen-bond acceptors (Lipinski definition) is 3. The molecule has 2 aromatic carbocycles. The lowest BCUT2D eigenvalue weighted by molar-refractivity contribution is 0.298. The number of aryl methyl sites for hydroxylation is 1. The van der Waals surface area contributed by atoms with Gasteiger partial charge < -0.3 is 15.2 Å². The number of rotatable bonds is 5. The number of methoxy groups -OCH3 is 1. The van der Waals surface area contributed by atoms with Gasteiger partial charge in [-0.1, -0.05) is 12.1 Å². The van der Waals surface area contributed by atoms with Crippen LogP contribution in [0.1, 0.15) is 29.7 Å². The minimum atomic E-state index is -0.242. The molecule has 0 aromatic heterocycles. The lowest BCUT2D eigenvalue weighted by atomic mass is 10.1. The van der Waals surface area contributed by atoms with E-state index in [0.29, 0.717) is 18.1 Å². The fraction of sp³-hybridized carbons (Fsp3) is 0.294. The van der Waals surface area contributed by atoms with Gasteiger partial charge in [-0.05, 0) is 43.2 Å². The maximum atomic E-state index is 13.1. The zero-order valence-electron chi connectivity index (χ0n) is 12.5. The number of nitrogens with two attached hydrogens (primary N) is 1. The second-order valence-electron chi connectivity index (χ2n) is 5.05. The lowest BCUT2D eigenvalue weighted by Crippen LogP contribution is -2.08. The molecule has 2 rings (SSSR count). The van der Waals surface area contributed by atoms with Gasteiger partial charge in [-0.2, -0.15) is 0 Å². The van der Waals surface area contributed by atoms with Crippen LogP contribution in [0.4, 0.5) is 4.39 Å². The third-order valence-electron chi connectivity index (χ3n) is 3.40. The van der Waals surface area contributed by atoms with Gasteiger partial charge in [0.15, 0.2) is 0 Å². The Hall–Kier alpha value is -2.07. The molecule has 0 radical (unpaired) electrons. The number of halogens is 1. The monoisotopic (exact) mass is 289 g/mol. The molecule has 0 unspecified atom stereocenters. The highest BCUT2D eigenvalue weighted by Crippen LogP contribution is 2.29. The largest absolute Gasteiger partial charge is 0.497 e. The molecule has 0 heterocycles. The van der Waals surface area contributed by atoms with Crippen molar-refractivity contribution in [2.75, 3.05) is 7.11 Å². The van der Waals surface area contributed by atoms with Crippen molar-refractivity contribution in [1.29, 1.82) is 0 Å². The first-order chi connectivity index (χ1) is 10.0. The Bertz CT molecular complexity index is 626. The van der Waals surface area contributed by atoms with Gasteiger partial charge in [0.25, 0.3) is 0 Å². The normalized spacial score (nSPS) is 12.0. The number of ether oxygens (including phenoxy) is 2. The Balaban J connectivity index is 2.22. The first-order valence-corrected chi connectivity index (χ1v) is 6.82. The van der Waals surface area contributed by atoms with Crippen LogP contribution in [0.3, 0.4) is 0 Å². The minimum Gasteiger partial charge on any atom is -0.497 e. The molecule has 0 aliphatic heterocycles. The quantitative estimate of drug-likeness (QED) is 0.912. The molecule has 3 nitrogen and oxygen atoms in total. The summed E-state index contributed by atoms with van der Waals surface area (Å²) in [7, 11) is 1.61. The average Bonchev–Trinajstić information content (AvgIpc) is 2.45. The summed E-state index contributed by atoms with van der Waals surface area (Å²) in [5.74, 6) is 1.16. The highest BCUT2D eigenvalue weighted by Gasteiger charge is 2.10. The van der Waals surface area contributed by atoms with Gasteiger partial charge in [-0.25, -0.2) is 4.39 Å². The van der Waals surface area contributed by atoms with E-state index in [0.717, 1.165) is 16.7 Å². The van der Waals surface area contributed by atoms with Crippen LogP contribution in [-0.2, 0) is 6.61 Å². The molecule has 0 aliphatic rings. The second kappa shape index (κ2) is 6.59. The SMILES string of the molecule is COc1ccc([C@H](C)N)c(OCc2ccc(F)cc2C)c1. The van der Waals surface area contributed by atoms with Crippen molar-refractivity contribution in [1.82, 2.24) is 0 Å². The molecule has 21 heavy (non-hydrogen) atoms. The molecule has 1 atom stereocenters. The third-order valence-corrected chi connectivity index (χ3v) is 3.40. The van der Waals surface area contributed by atoms with E-state index < -0.39 is 0 Å². The summed E-state index contributed by atoms with van der Waals surface area (Å²) < 4.78 is 24.2. The molecule has 0 aliphatic carbocycles. The van der Waals surface area contributed by atoms with E-state index in [1.807, 2.05) is 32.0 Å². The van der Waals surface area contributed by atoms with Crippen molar-refractivity contribution >= 4 is 0 Å². The van der Waals surface area contributed by atoms with Gasteiger partial charge in [-0.3, -0.25) is 0 Å². The molecular weight excluding hydrogens is 269 g/mol. The highest BCUT2D eigenvalue weighted by atomic mass is 19.1. The van der Waals surface area contributed by atoms with Crippen LogP contribution in [0, 0.1) is 12.7 Å². The van der Waals surface area contributed by atoms with Crippen LogP contribution >= 0.6 is 0 Å². The standard InChI is InChI=1S/C17H20FNO2/c1-11-8-14(18)5-4-13(11)10-21-17-9-15(20-3)6-7-16(17)12(2)19/h4-9,12H,10,19H2,1-3H3/t12-/m0/s1. The van der Waals surface area contributed by atoms with Crippen LogP contribution in [0.2, 0.25) is 0 Å². The van der Waals surface area contributed by atoms with Crippen molar-refractivity contribution in [2.24, 2.45) is 5.73 Å². The van der Waals surface area contributed by atoms with Crippen molar-refractivity contribution in [2.45, 2.75) is 26.5 Å². The summed E-state index contributed by atoms with van der Waals surface area (Å²) in [5, 5.41) is 0. The molecule has 4 heteroatoms. The molecule has 0 saturated heterocycles. The predicted octanol–water partition coefficient (Wildman–Crippen LogP) is 3.74. The highest BCUT2D eigenvalue weighted by molar-refractivity contribution is 5.42. The molecule has 0 spiro atoms. The van der Waals surface area contributed by atoms with Gasteiger partial charge in [-0.15, -0.1) is 0 Å². The van der Waals surface area contributed by atoms with Crippen LogP contribution in [-0.4, -0.2) is 7.11 Å². The fourth-order valence-corrected chi connectivity index (χ4v) is 2.12. The van der Waals surface area contributed by atoms with Crippen LogP contribution < -0.4 is 15.2 Å². The number of benzene rings is 2. The molecule has 0 amide bonds. The van der Waals surface area contributed by atoms with Crippen molar-refractivity contribution in [3.05, 3.63) is 58.9 Å². The Morgan fingerprint density at radius 3 is 2.57 bits per heavy atom. The Kier molecular flexibility index (Phi) is 4.81. The summed E-state index contributed by atoms with van der Waals surface area (Å²) in [6.07, 6.45) is 0. The molecule has 0 saturated carbocycles.